The first kappa shape index (κ1) is 15.2. The van der Waals surface area contributed by atoms with E-state index in [4.69, 9.17) is 4.74 Å². The van der Waals surface area contributed by atoms with E-state index in [9.17, 15) is 9.59 Å². The van der Waals surface area contributed by atoms with E-state index >= 15 is 0 Å². The second-order valence-electron chi connectivity index (χ2n) is 5.89. The van der Waals surface area contributed by atoms with Crippen LogP contribution in [0.1, 0.15) is 35.1 Å². The van der Waals surface area contributed by atoms with Crippen LogP contribution in [0.2, 0.25) is 0 Å². The zero-order chi connectivity index (χ0) is 16.7. The number of amides is 1. The Morgan fingerprint density at radius 2 is 2.25 bits per heavy atom. The number of nitrogens with zero attached hydrogens (tertiary/aromatic N) is 3. The molecule has 1 N–H and O–H groups in total. The van der Waals surface area contributed by atoms with Crippen LogP contribution in [0.15, 0.2) is 23.4 Å². The molecule has 2 aliphatic rings. The molecule has 0 atom stereocenters. The lowest BCUT2D eigenvalue weighted by molar-refractivity contribution is -0.118. The SMILES string of the molecule is Cc1nnc(SCC(=O)c2ccc3c(c2)NC(=O)CO3)n1C1CC1. The first-order chi connectivity index (χ1) is 11.6. The number of carbonyl (C=O) groups is 2. The van der Waals surface area contributed by atoms with Crippen LogP contribution in [0.25, 0.3) is 0 Å². The fraction of sp³-hybridized carbons (Fsp3) is 0.375. The van der Waals surface area contributed by atoms with Crippen molar-refractivity contribution in [1.29, 1.82) is 0 Å². The molecule has 124 valence electrons. The van der Waals surface area contributed by atoms with Crippen LogP contribution in [-0.2, 0) is 4.79 Å². The number of anilines is 1. The van der Waals surface area contributed by atoms with Crippen molar-refractivity contribution in [2.75, 3.05) is 17.7 Å². The molecule has 2 aromatic rings. The molecule has 1 fully saturated rings. The fourth-order valence-electron chi connectivity index (χ4n) is 2.67. The van der Waals surface area contributed by atoms with Crippen molar-refractivity contribution >= 4 is 29.1 Å². The third kappa shape index (κ3) is 2.89. The van der Waals surface area contributed by atoms with E-state index in [-0.39, 0.29) is 24.1 Å². The average molecular weight is 344 g/mol. The number of ketones is 1. The summed E-state index contributed by atoms with van der Waals surface area (Å²) in [7, 11) is 0. The molecule has 2 heterocycles. The first-order valence-electron chi connectivity index (χ1n) is 7.76. The van der Waals surface area contributed by atoms with Gasteiger partial charge in [-0.05, 0) is 38.0 Å². The highest BCUT2D eigenvalue weighted by Gasteiger charge is 2.28. The van der Waals surface area contributed by atoms with Gasteiger partial charge in [0.05, 0.1) is 11.4 Å². The number of rotatable bonds is 5. The van der Waals surface area contributed by atoms with Crippen LogP contribution in [0.3, 0.4) is 0 Å². The summed E-state index contributed by atoms with van der Waals surface area (Å²) in [6.45, 7) is 1.94. The van der Waals surface area contributed by atoms with Crippen LogP contribution >= 0.6 is 11.8 Å². The number of fused-ring (bicyclic) bond motifs is 1. The highest BCUT2D eigenvalue weighted by atomic mass is 32.2. The molecule has 4 rings (SSSR count). The van der Waals surface area contributed by atoms with Gasteiger partial charge in [-0.15, -0.1) is 10.2 Å². The number of aryl methyl sites for hydroxylation is 1. The maximum Gasteiger partial charge on any atom is 0.262 e. The third-order valence-electron chi connectivity index (χ3n) is 4.01. The summed E-state index contributed by atoms with van der Waals surface area (Å²) < 4.78 is 7.41. The molecule has 1 aromatic heterocycles. The molecule has 0 radical (unpaired) electrons. The second-order valence-corrected chi connectivity index (χ2v) is 6.83. The minimum absolute atomic E-state index is 0.00627. The number of thioether (sulfide) groups is 1. The largest absolute Gasteiger partial charge is 0.482 e. The van der Waals surface area contributed by atoms with Gasteiger partial charge in [0.1, 0.15) is 11.6 Å². The van der Waals surface area contributed by atoms with Crippen molar-refractivity contribution in [2.24, 2.45) is 0 Å². The minimum Gasteiger partial charge on any atom is -0.482 e. The maximum absolute atomic E-state index is 12.5. The van der Waals surface area contributed by atoms with Gasteiger partial charge in [-0.2, -0.15) is 0 Å². The Kier molecular flexibility index (Phi) is 3.76. The molecule has 1 aliphatic heterocycles. The number of carbonyl (C=O) groups excluding carboxylic acids is 2. The fourth-order valence-corrected chi connectivity index (χ4v) is 3.62. The Bertz CT molecular complexity index is 829. The number of Topliss-reactive ketones (excluding diaryl/α,β-unsaturated/α-hetero) is 1. The van der Waals surface area contributed by atoms with Crippen LogP contribution in [0.4, 0.5) is 5.69 Å². The van der Waals surface area contributed by atoms with E-state index in [0.717, 1.165) is 23.8 Å². The van der Waals surface area contributed by atoms with Gasteiger partial charge in [0, 0.05) is 11.6 Å². The monoisotopic (exact) mass is 344 g/mol. The molecule has 1 aliphatic carbocycles. The summed E-state index contributed by atoms with van der Waals surface area (Å²) in [5.41, 5.74) is 1.08. The zero-order valence-corrected chi connectivity index (χ0v) is 13.9. The van der Waals surface area contributed by atoms with E-state index in [0.29, 0.717) is 23.0 Å². The third-order valence-corrected chi connectivity index (χ3v) is 4.96. The molecule has 1 saturated carbocycles. The zero-order valence-electron chi connectivity index (χ0n) is 13.1. The Hall–Kier alpha value is -2.35. The molecule has 0 bridgehead atoms. The van der Waals surface area contributed by atoms with Crippen molar-refractivity contribution in [3.05, 3.63) is 29.6 Å². The molecule has 1 amide bonds. The highest BCUT2D eigenvalue weighted by Crippen LogP contribution is 2.38. The van der Waals surface area contributed by atoms with Gasteiger partial charge < -0.3 is 14.6 Å². The van der Waals surface area contributed by atoms with Gasteiger partial charge in [-0.3, -0.25) is 9.59 Å². The highest BCUT2D eigenvalue weighted by molar-refractivity contribution is 7.99. The summed E-state index contributed by atoms with van der Waals surface area (Å²) >= 11 is 1.40. The molecule has 0 unspecified atom stereocenters. The Morgan fingerprint density at radius 3 is 3.04 bits per heavy atom. The summed E-state index contributed by atoms with van der Waals surface area (Å²) in [6.07, 6.45) is 2.29. The topological polar surface area (TPSA) is 86.1 Å². The molecule has 1 aromatic carbocycles. The van der Waals surface area contributed by atoms with Crippen LogP contribution < -0.4 is 10.1 Å². The number of ether oxygens (including phenoxy) is 1. The predicted octanol–water partition coefficient (Wildman–Crippen LogP) is 2.23. The van der Waals surface area contributed by atoms with Crippen molar-refractivity contribution in [3.8, 4) is 5.75 Å². The first-order valence-corrected chi connectivity index (χ1v) is 8.74. The lowest BCUT2D eigenvalue weighted by atomic mass is 10.1. The van der Waals surface area contributed by atoms with Crippen molar-refractivity contribution in [3.63, 3.8) is 0 Å². The predicted molar refractivity (Wildman–Crippen MR) is 88.7 cm³/mol. The van der Waals surface area contributed by atoms with Crippen LogP contribution in [0, 0.1) is 6.92 Å². The maximum atomic E-state index is 12.5. The number of nitrogens with one attached hydrogen (secondary N) is 1. The van der Waals surface area contributed by atoms with E-state index in [1.807, 2.05) is 6.92 Å². The molecule has 0 saturated heterocycles. The normalized spacial score (nSPS) is 16.3. The number of hydrogen-bond donors (Lipinski definition) is 1. The second kappa shape index (κ2) is 5.94. The average Bonchev–Trinajstić information content (AvgIpc) is 3.34. The Balaban J connectivity index is 1.47. The number of benzene rings is 1. The summed E-state index contributed by atoms with van der Waals surface area (Å²) in [5, 5.41) is 11.8. The van der Waals surface area contributed by atoms with Crippen molar-refractivity contribution < 1.29 is 14.3 Å². The van der Waals surface area contributed by atoms with Crippen LogP contribution in [-0.4, -0.2) is 38.8 Å². The minimum atomic E-state index is -0.213. The van der Waals surface area contributed by atoms with Gasteiger partial charge >= 0.3 is 0 Å². The van der Waals surface area contributed by atoms with Gasteiger partial charge in [-0.1, -0.05) is 11.8 Å². The molecule has 24 heavy (non-hydrogen) atoms. The van der Waals surface area contributed by atoms with Gasteiger partial charge in [0.25, 0.3) is 5.91 Å². The van der Waals surface area contributed by atoms with Gasteiger partial charge in [0.15, 0.2) is 17.5 Å². The van der Waals surface area contributed by atoms with Crippen LogP contribution in [0.5, 0.6) is 5.75 Å². The number of aromatic nitrogens is 3. The number of hydrogen-bond acceptors (Lipinski definition) is 6. The van der Waals surface area contributed by atoms with Crippen molar-refractivity contribution in [2.45, 2.75) is 31.0 Å². The van der Waals surface area contributed by atoms with Crippen molar-refractivity contribution in [1.82, 2.24) is 14.8 Å². The lowest BCUT2D eigenvalue weighted by Gasteiger charge is -2.18. The van der Waals surface area contributed by atoms with Gasteiger partial charge in [-0.25, -0.2) is 0 Å². The van der Waals surface area contributed by atoms with Gasteiger partial charge in [0.2, 0.25) is 0 Å². The molecular formula is C16H16N4O3S. The molecule has 7 nitrogen and oxygen atoms in total. The summed E-state index contributed by atoms with van der Waals surface area (Å²) in [6, 6.07) is 5.57. The Morgan fingerprint density at radius 1 is 1.42 bits per heavy atom. The quantitative estimate of drug-likeness (QED) is 0.661. The lowest BCUT2D eigenvalue weighted by Crippen LogP contribution is -2.25. The molecule has 0 spiro atoms. The standard InChI is InChI=1S/C16H16N4O3S/c1-9-18-19-16(20(9)11-3-4-11)24-8-13(21)10-2-5-14-12(6-10)17-15(22)7-23-14/h2,5-6,11H,3-4,7-8H2,1H3,(H,17,22). The van der Waals surface area contributed by atoms with E-state index in [1.54, 1.807) is 18.2 Å². The van der Waals surface area contributed by atoms with E-state index < -0.39 is 0 Å². The Labute approximate surface area is 142 Å². The molecule has 8 heteroatoms. The summed E-state index contributed by atoms with van der Waals surface area (Å²) in [4.78, 5) is 23.8. The van der Waals surface area contributed by atoms with E-state index in [1.165, 1.54) is 11.8 Å². The smallest absolute Gasteiger partial charge is 0.262 e. The summed E-state index contributed by atoms with van der Waals surface area (Å²) in [5.74, 6) is 1.52. The molecular weight excluding hydrogens is 328 g/mol. The van der Waals surface area contributed by atoms with E-state index in [2.05, 4.69) is 20.1 Å².